The van der Waals surface area contributed by atoms with Gasteiger partial charge in [-0.1, -0.05) is 71.2 Å². The molecule has 4 aromatic rings. The fraction of sp³-hybridized carbons (Fsp3) is 0.121. The molecule has 1 aliphatic rings. The molecule has 4 amide bonds. The van der Waals surface area contributed by atoms with E-state index in [1.165, 1.54) is 18.2 Å². The molecule has 1 fully saturated rings. The average Bonchev–Trinajstić information content (AvgIpc) is 3.00. The fourth-order valence-electron chi connectivity index (χ4n) is 4.35. The number of halogens is 3. The lowest BCUT2D eigenvalue weighted by Gasteiger charge is -2.26. The number of amides is 4. The maximum absolute atomic E-state index is 13.5. The van der Waals surface area contributed by atoms with Gasteiger partial charge in [0.1, 0.15) is 24.5 Å². The molecular weight excluding hydrogens is 627 g/mol. The quantitative estimate of drug-likeness (QED) is 0.139. The highest BCUT2D eigenvalue weighted by Gasteiger charge is 2.37. The second-order valence-corrected chi connectivity index (χ2v) is 10.8. The van der Waals surface area contributed by atoms with E-state index in [9.17, 15) is 14.4 Å². The predicted octanol–water partition coefficient (Wildman–Crippen LogP) is 7.87. The Bertz CT molecular complexity index is 1740. The Hall–Kier alpha value is -4.50. The van der Waals surface area contributed by atoms with Crippen molar-refractivity contribution in [3.05, 3.63) is 122 Å². The number of barbiturate groups is 1. The Kier molecular flexibility index (Phi) is 9.75. The van der Waals surface area contributed by atoms with Crippen LogP contribution in [0.1, 0.15) is 23.6 Å². The Labute approximate surface area is 268 Å². The number of ether oxygens (including phenoxy) is 3. The van der Waals surface area contributed by atoms with Crippen molar-refractivity contribution in [3.63, 3.8) is 0 Å². The molecule has 224 valence electrons. The lowest BCUT2D eigenvalue weighted by molar-refractivity contribution is -0.122. The molecule has 1 aliphatic heterocycles. The van der Waals surface area contributed by atoms with Crippen molar-refractivity contribution in [3.8, 4) is 17.2 Å². The van der Waals surface area contributed by atoms with Crippen LogP contribution in [0.5, 0.6) is 17.2 Å². The van der Waals surface area contributed by atoms with Gasteiger partial charge in [0.05, 0.1) is 17.3 Å². The molecule has 4 aromatic carbocycles. The van der Waals surface area contributed by atoms with Crippen LogP contribution in [-0.4, -0.2) is 24.5 Å². The minimum Gasteiger partial charge on any atom is -0.490 e. The third kappa shape index (κ3) is 7.17. The minimum absolute atomic E-state index is 0.183. The molecule has 0 atom stereocenters. The average molecular weight is 652 g/mol. The zero-order valence-electron chi connectivity index (χ0n) is 23.3. The van der Waals surface area contributed by atoms with Crippen LogP contribution < -0.4 is 24.4 Å². The Morgan fingerprint density at radius 1 is 0.795 bits per heavy atom. The van der Waals surface area contributed by atoms with Crippen molar-refractivity contribution < 1.29 is 28.6 Å². The van der Waals surface area contributed by atoms with Gasteiger partial charge < -0.3 is 14.2 Å². The first-order chi connectivity index (χ1) is 21.2. The van der Waals surface area contributed by atoms with Gasteiger partial charge in [0, 0.05) is 15.6 Å². The maximum Gasteiger partial charge on any atom is 0.335 e. The van der Waals surface area contributed by atoms with Crippen LogP contribution >= 0.6 is 34.8 Å². The molecule has 1 saturated heterocycles. The number of nitrogens with one attached hydrogen (secondary N) is 1. The second-order valence-electron chi connectivity index (χ2n) is 9.51. The number of carbonyl (C=O) groups is 3. The van der Waals surface area contributed by atoms with Crippen LogP contribution in [-0.2, 0) is 22.8 Å². The van der Waals surface area contributed by atoms with Crippen molar-refractivity contribution in [2.75, 3.05) is 11.5 Å². The number of nitrogens with zero attached hydrogens (tertiary/aromatic N) is 1. The lowest BCUT2D eigenvalue weighted by atomic mass is 10.1. The summed E-state index contributed by atoms with van der Waals surface area (Å²) in [5, 5.41) is 3.43. The minimum atomic E-state index is -0.878. The highest BCUT2D eigenvalue weighted by molar-refractivity contribution is 6.39. The van der Waals surface area contributed by atoms with E-state index in [0.29, 0.717) is 39.5 Å². The molecule has 0 spiro atoms. The smallest absolute Gasteiger partial charge is 0.335 e. The van der Waals surface area contributed by atoms with Crippen LogP contribution in [0.4, 0.5) is 10.5 Å². The first kappa shape index (κ1) is 30.9. The molecule has 1 N–H and O–H groups in total. The number of imide groups is 2. The molecule has 0 radical (unpaired) electrons. The molecule has 8 nitrogen and oxygen atoms in total. The molecule has 0 saturated carbocycles. The lowest BCUT2D eigenvalue weighted by Crippen LogP contribution is -2.54. The zero-order valence-corrected chi connectivity index (χ0v) is 25.6. The van der Waals surface area contributed by atoms with Crippen LogP contribution in [0.15, 0.2) is 90.5 Å². The molecule has 0 aliphatic carbocycles. The second kappa shape index (κ2) is 13.9. The highest BCUT2D eigenvalue weighted by atomic mass is 35.5. The Morgan fingerprint density at radius 3 is 2.25 bits per heavy atom. The van der Waals surface area contributed by atoms with E-state index in [0.717, 1.165) is 16.0 Å². The van der Waals surface area contributed by atoms with Gasteiger partial charge in [-0.15, -0.1) is 0 Å². The summed E-state index contributed by atoms with van der Waals surface area (Å²) in [7, 11) is 0. The first-order valence-corrected chi connectivity index (χ1v) is 14.6. The third-order valence-corrected chi connectivity index (χ3v) is 7.34. The van der Waals surface area contributed by atoms with Gasteiger partial charge in [0.15, 0.2) is 11.5 Å². The van der Waals surface area contributed by atoms with Gasteiger partial charge in [-0.3, -0.25) is 14.9 Å². The van der Waals surface area contributed by atoms with E-state index in [1.54, 1.807) is 42.5 Å². The van der Waals surface area contributed by atoms with Crippen LogP contribution in [0.2, 0.25) is 15.1 Å². The summed E-state index contributed by atoms with van der Waals surface area (Å²) in [6, 6.07) is 23.2. The van der Waals surface area contributed by atoms with Crippen LogP contribution in [0.25, 0.3) is 6.08 Å². The number of rotatable bonds is 10. The monoisotopic (exact) mass is 650 g/mol. The summed E-state index contributed by atoms with van der Waals surface area (Å²) < 4.78 is 17.5. The number of benzene rings is 4. The third-order valence-electron chi connectivity index (χ3n) is 6.47. The first-order valence-electron chi connectivity index (χ1n) is 13.4. The molecule has 0 aromatic heterocycles. The molecule has 44 heavy (non-hydrogen) atoms. The molecule has 1 heterocycles. The van der Waals surface area contributed by atoms with E-state index < -0.39 is 17.8 Å². The van der Waals surface area contributed by atoms with Crippen LogP contribution in [0.3, 0.4) is 0 Å². The summed E-state index contributed by atoms with van der Waals surface area (Å²) in [6.45, 7) is 2.58. The van der Waals surface area contributed by atoms with Gasteiger partial charge in [0.2, 0.25) is 0 Å². The molecule has 0 bridgehead atoms. The largest absolute Gasteiger partial charge is 0.490 e. The molecule has 5 rings (SSSR count). The number of urea groups is 1. The van der Waals surface area contributed by atoms with Crippen molar-refractivity contribution >= 4 is 64.4 Å². The van der Waals surface area contributed by atoms with Gasteiger partial charge in [0.25, 0.3) is 11.8 Å². The number of hydrogen-bond acceptors (Lipinski definition) is 6. The highest BCUT2D eigenvalue weighted by Crippen LogP contribution is 2.38. The molecule has 0 unspecified atom stereocenters. The zero-order chi connectivity index (χ0) is 31.2. The van der Waals surface area contributed by atoms with Crippen molar-refractivity contribution in [2.45, 2.75) is 20.1 Å². The molecule has 11 heteroatoms. The van der Waals surface area contributed by atoms with Crippen LogP contribution in [0, 0.1) is 0 Å². The fourth-order valence-corrected chi connectivity index (χ4v) is 5.09. The Balaban J connectivity index is 1.35. The van der Waals surface area contributed by atoms with Crippen molar-refractivity contribution in [1.29, 1.82) is 0 Å². The standard InChI is InChI=1S/C33H25Cl3N2O6/c1-2-42-29-16-21(15-28(36)30(29)44-18-20-6-4-3-5-7-20)14-26-31(39)37-33(41)38(32(26)40)24-10-12-25(13-11-24)43-19-22-8-9-23(34)17-27(22)35/h3-17H,2,18-19H2,1H3,(H,37,39,41)/b26-14+. The normalized spacial score (nSPS) is 14.0. The van der Waals surface area contributed by atoms with E-state index in [-0.39, 0.29) is 29.5 Å². The topological polar surface area (TPSA) is 94.2 Å². The van der Waals surface area contributed by atoms with Crippen molar-refractivity contribution in [2.24, 2.45) is 0 Å². The van der Waals surface area contributed by atoms with E-state index in [1.807, 2.05) is 37.3 Å². The summed E-state index contributed by atoms with van der Waals surface area (Å²) in [5.41, 5.74) is 2.06. The Morgan fingerprint density at radius 2 is 1.55 bits per heavy atom. The molecular formula is C33H25Cl3N2O6. The SMILES string of the molecule is CCOc1cc(/C=C2\C(=O)NC(=O)N(c3ccc(OCc4ccc(Cl)cc4Cl)cc3)C2=O)cc(Cl)c1OCc1ccccc1. The van der Waals surface area contributed by atoms with Gasteiger partial charge in [-0.25, -0.2) is 9.69 Å². The number of carbonyl (C=O) groups excluding carboxylic acids is 3. The summed E-state index contributed by atoms with van der Waals surface area (Å²) in [6.07, 6.45) is 1.35. The number of anilines is 1. The van der Waals surface area contributed by atoms with E-state index >= 15 is 0 Å². The maximum atomic E-state index is 13.5. The summed E-state index contributed by atoms with van der Waals surface area (Å²) >= 11 is 18.7. The summed E-state index contributed by atoms with van der Waals surface area (Å²) in [5.74, 6) is -0.497. The predicted molar refractivity (Wildman–Crippen MR) is 170 cm³/mol. The van der Waals surface area contributed by atoms with Gasteiger partial charge >= 0.3 is 6.03 Å². The van der Waals surface area contributed by atoms with Crippen molar-refractivity contribution in [1.82, 2.24) is 5.32 Å². The van der Waals surface area contributed by atoms with E-state index in [4.69, 9.17) is 49.0 Å². The van der Waals surface area contributed by atoms with Gasteiger partial charge in [-0.05, 0) is 72.7 Å². The number of hydrogen-bond donors (Lipinski definition) is 1. The van der Waals surface area contributed by atoms with Gasteiger partial charge in [-0.2, -0.15) is 0 Å². The van der Waals surface area contributed by atoms with E-state index in [2.05, 4.69) is 5.32 Å². The summed E-state index contributed by atoms with van der Waals surface area (Å²) in [4.78, 5) is 39.8.